The van der Waals surface area contributed by atoms with Gasteiger partial charge in [0.15, 0.2) is 0 Å². The molecule has 0 radical (unpaired) electrons. The Labute approximate surface area is 293 Å². The molecule has 8 aromatic rings. The first-order chi connectivity index (χ1) is 24.3. The molecule has 0 aliphatic heterocycles. The maximum absolute atomic E-state index is 6.31. The minimum atomic E-state index is -0.103. The molecule has 240 valence electrons. The van der Waals surface area contributed by atoms with E-state index in [0.29, 0.717) is 0 Å². The van der Waals surface area contributed by atoms with E-state index in [9.17, 15) is 0 Å². The molecule has 0 saturated heterocycles. The fourth-order valence-electron chi connectivity index (χ4n) is 9.02. The quantitative estimate of drug-likeness (QED) is 0.190. The van der Waals surface area contributed by atoms with E-state index >= 15 is 0 Å². The van der Waals surface area contributed by atoms with E-state index in [2.05, 4.69) is 178 Å². The molecular formula is C48H37NO. The largest absolute Gasteiger partial charge is 0.456 e. The van der Waals surface area contributed by atoms with Gasteiger partial charge in [0, 0.05) is 38.5 Å². The van der Waals surface area contributed by atoms with Crippen LogP contribution in [0.1, 0.15) is 49.9 Å². The highest BCUT2D eigenvalue weighted by molar-refractivity contribution is 6.12. The summed E-state index contributed by atoms with van der Waals surface area (Å²) in [7, 11) is 0. The van der Waals surface area contributed by atoms with Crippen LogP contribution in [-0.4, -0.2) is 0 Å². The molecule has 0 atom stereocenters. The molecule has 2 nitrogen and oxygen atoms in total. The lowest BCUT2D eigenvalue weighted by Gasteiger charge is -2.30. The molecule has 2 aliphatic rings. The number of rotatable bonds is 4. The molecule has 0 unspecified atom stereocenters. The van der Waals surface area contributed by atoms with Crippen molar-refractivity contribution in [1.29, 1.82) is 0 Å². The number of para-hydroxylation sites is 1. The monoisotopic (exact) mass is 643 g/mol. The Balaban J connectivity index is 1.24. The van der Waals surface area contributed by atoms with Crippen molar-refractivity contribution in [1.82, 2.24) is 0 Å². The molecule has 2 heteroatoms. The van der Waals surface area contributed by atoms with Crippen LogP contribution in [0.3, 0.4) is 0 Å². The zero-order valence-electron chi connectivity index (χ0n) is 28.8. The highest BCUT2D eigenvalue weighted by Crippen LogP contribution is 2.56. The van der Waals surface area contributed by atoms with E-state index in [0.717, 1.165) is 38.9 Å². The van der Waals surface area contributed by atoms with Crippen molar-refractivity contribution < 1.29 is 4.42 Å². The third kappa shape index (κ3) is 3.96. The summed E-state index contributed by atoms with van der Waals surface area (Å²) in [5.74, 6) is 0. The molecule has 0 bridgehead atoms. The fraction of sp³-hybridized carbons (Fsp3) is 0.125. The Kier molecular flexibility index (Phi) is 6.01. The van der Waals surface area contributed by atoms with Crippen LogP contribution in [0.15, 0.2) is 156 Å². The van der Waals surface area contributed by atoms with Gasteiger partial charge in [0.1, 0.15) is 11.2 Å². The topological polar surface area (TPSA) is 16.4 Å². The van der Waals surface area contributed by atoms with Gasteiger partial charge in [0.25, 0.3) is 0 Å². The Morgan fingerprint density at radius 2 is 1.04 bits per heavy atom. The third-order valence-corrected chi connectivity index (χ3v) is 11.5. The van der Waals surface area contributed by atoms with Crippen molar-refractivity contribution in [2.24, 2.45) is 0 Å². The van der Waals surface area contributed by atoms with Crippen LogP contribution in [0, 0.1) is 0 Å². The number of nitrogens with zero attached hydrogens (tertiary/aromatic N) is 1. The Hall–Kier alpha value is -5.86. The predicted octanol–water partition coefficient (Wildman–Crippen LogP) is 13.3. The minimum Gasteiger partial charge on any atom is -0.456 e. The third-order valence-electron chi connectivity index (χ3n) is 11.5. The number of anilines is 3. The SMILES string of the molecule is CC1(C)c2ccccc2-c2cc(N(c3cccc(-c4cccc5oc6ccccc6c45)c3)c3cccc4c3-c3ccccc3C4(C)C)ccc21. The molecule has 0 saturated carbocycles. The van der Waals surface area contributed by atoms with Gasteiger partial charge in [0.2, 0.25) is 0 Å². The highest BCUT2D eigenvalue weighted by atomic mass is 16.3. The first kappa shape index (κ1) is 29.1. The summed E-state index contributed by atoms with van der Waals surface area (Å²) in [6.45, 7) is 9.41. The standard InChI is InChI=1S/C48H37NO/c1-47(2)38-20-8-5-16-34(38)37-29-32(26-27-40(37)47)49(42-23-13-22-41-46(42)35-17-6-9-21-39(35)48(41,3)4)31-15-11-14-30(28-31)33-19-12-25-44-45(33)36-18-7-10-24-43(36)50-44/h5-29H,1-4H3. The van der Waals surface area contributed by atoms with Crippen molar-refractivity contribution >= 4 is 39.0 Å². The first-order valence-corrected chi connectivity index (χ1v) is 17.6. The molecule has 50 heavy (non-hydrogen) atoms. The first-order valence-electron chi connectivity index (χ1n) is 17.6. The van der Waals surface area contributed by atoms with Crippen molar-refractivity contribution in [2.75, 3.05) is 4.90 Å². The van der Waals surface area contributed by atoms with Crippen LogP contribution in [-0.2, 0) is 10.8 Å². The van der Waals surface area contributed by atoms with E-state index in [1.54, 1.807) is 0 Å². The summed E-state index contributed by atoms with van der Waals surface area (Å²) in [5.41, 5.74) is 18.2. The van der Waals surface area contributed by atoms with Crippen molar-refractivity contribution in [3.8, 4) is 33.4 Å². The van der Waals surface area contributed by atoms with Crippen LogP contribution in [0.5, 0.6) is 0 Å². The van der Waals surface area contributed by atoms with Crippen LogP contribution in [0.25, 0.3) is 55.3 Å². The maximum atomic E-state index is 6.31. The summed E-state index contributed by atoms with van der Waals surface area (Å²) in [6, 6.07) is 55.6. The summed E-state index contributed by atoms with van der Waals surface area (Å²) >= 11 is 0. The molecule has 1 aromatic heterocycles. The number of hydrogen-bond acceptors (Lipinski definition) is 2. The van der Waals surface area contributed by atoms with Crippen molar-refractivity contribution in [3.05, 3.63) is 174 Å². The second-order valence-electron chi connectivity index (χ2n) is 14.9. The molecule has 1 heterocycles. The molecule has 2 aliphatic carbocycles. The van der Waals surface area contributed by atoms with E-state index in [-0.39, 0.29) is 10.8 Å². The van der Waals surface area contributed by atoms with Gasteiger partial charge in [0.05, 0.1) is 5.69 Å². The number of benzene rings is 7. The van der Waals surface area contributed by atoms with Gasteiger partial charge >= 0.3 is 0 Å². The summed E-state index contributed by atoms with van der Waals surface area (Å²) < 4.78 is 6.31. The van der Waals surface area contributed by atoms with Crippen LogP contribution in [0.2, 0.25) is 0 Å². The number of hydrogen-bond donors (Lipinski definition) is 0. The van der Waals surface area contributed by atoms with Gasteiger partial charge in [-0.2, -0.15) is 0 Å². The summed E-state index contributed by atoms with van der Waals surface area (Å²) in [6.07, 6.45) is 0. The van der Waals surface area contributed by atoms with Crippen molar-refractivity contribution in [3.63, 3.8) is 0 Å². The molecule has 0 amide bonds. The average molecular weight is 644 g/mol. The molecule has 0 N–H and O–H groups in total. The van der Waals surface area contributed by atoms with Gasteiger partial charge in [-0.25, -0.2) is 0 Å². The minimum absolute atomic E-state index is 0.0573. The fourth-order valence-corrected chi connectivity index (χ4v) is 9.02. The van der Waals surface area contributed by atoms with Crippen LogP contribution < -0.4 is 4.90 Å². The molecule has 0 fully saturated rings. The highest BCUT2D eigenvalue weighted by Gasteiger charge is 2.39. The molecule has 10 rings (SSSR count). The Bertz CT molecular complexity index is 2670. The second kappa shape index (κ2) is 10.3. The smallest absolute Gasteiger partial charge is 0.136 e. The normalized spacial score (nSPS) is 14.7. The van der Waals surface area contributed by atoms with Gasteiger partial charge in [-0.1, -0.05) is 137 Å². The van der Waals surface area contributed by atoms with Gasteiger partial charge in [-0.15, -0.1) is 0 Å². The van der Waals surface area contributed by atoms with E-state index in [1.807, 2.05) is 6.07 Å². The Morgan fingerprint density at radius 3 is 1.90 bits per heavy atom. The van der Waals surface area contributed by atoms with Gasteiger partial charge in [-0.05, 0) is 92.5 Å². The zero-order valence-corrected chi connectivity index (χ0v) is 28.8. The second-order valence-corrected chi connectivity index (χ2v) is 14.9. The Morgan fingerprint density at radius 1 is 0.440 bits per heavy atom. The van der Waals surface area contributed by atoms with Crippen molar-refractivity contribution in [2.45, 2.75) is 38.5 Å². The molecule has 0 spiro atoms. The molecular weight excluding hydrogens is 607 g/mol. The average Bonchev–Trinajstić information content (AvgIpc) is 3.72. The zero-order chi connectivity index (χ0) is 33.8. The lowest BCUT2D eigenvalue weighted by Crippen LogP contribution is -2.16. The van der Waals surface area contributed by atoms with Gasteiger partial charge in [-0.3, -0.25) is 0 Å². The lowest BCUT2D eigenvalue weighted by atomic mass is 9.82. The van der Waals surface area contributed by atoms with Gasteiger partial charge < -0.3 is 9.32 Å². The van der Waals surface area contributed by atoms with E-state index < -0.39 is 0 Å². The van der Waals surface area contributed by atoms with E-state index in [4.69, 9.17) is 4.42 Å². The molecule has 7 aromatic carbocycles. The van der Waals surface area contributed by atoms with Crippen LogP contribution >= 0.6 is 0 Å². The summed E-state index contributed by atoms with van der Waals surface area (Å²) in [5, 5.41) is 2.29. The van der Waals surface area contributed by atoms with E-state index in [1.165, 1.54) is 55.8 Å². The number of furan rings is 1. The lowest BCUT2D eigenvalue weighted by molar-refractivity contribution is 0.660. The summed E-state index contributed by atoms with van der Waals surface area (Å²) in [4.78, 5) is 2.49. The van der Waals surface area contributed by atoms with Crippen LogP contribution in [0.4, 0.5) is 17.1 Å². The number of fused-ring (bicyclic) bond motifs is 9. The predicted molar refractivity (Wildman–Crippen MR) is 209 cm³/mol. The maximum Gasteiger partial charge on any atom is 0.136 e.